The van der Waals surface area contributed by atoms with Crippen molar-refractivity contribution in [3.05, 3.63) is 17.8 Å². The molecule has 1 amide bonds. The number of aromatic nitrogens is 2. The highest BCUT2D eigenvalue weighted by molar-refractivity contribution is 5.92. The molecule has 0 radical (unpaired) electrons. The van der Waals surface area contributed by atoms with E-state index in [9.17, 15) is 4.79 Å². The summed E-state index contributed by atoms with van der Waals surface area (Å²) in [6.07, 6.45) is 7.68. The normalized spacial score (nSPS) is 16.1. The van der Waals surface area contributed by atoms with Crippen molar-refractivity contribution in [2.75, 3.05) is 12.0 Å². The third-order valence-corrected chi connectivity index (χ3v) is 3.61. The van der Waals surface area contributed by atoms with E-state index < -0.39 is 0 Å². The summed E-state index contributed by atoms with van der Waals surface area (Å²) < 4.78 is 0. The number of carbonyl (C=O) groups is 1. The Labute approximate surface area is 113 Å². The van der Waals surface area contributed by atoms with Crippen LogP contribution in [0.3, 0.4) is 0 Å². The molecule has 1 aromatic rings. The fourth-order valence-electron chi connectivity index (χ4n) is 2.49. The number of nitrogens with one attached hydrogen (secondary N) is 2. The van der Waals surface area contributed by atoms with Crippen LogP contribution in [0, 0.1) is 5.92 Å². The maximum absolute atomic E-state index is 11.8. The van der Waals surface area contributed by atoms with E-state index in [0.29, 0.717) is 18.1 Å². The summed E-state index contributed by atoms with van der Waals surface area (Å²) in [5.74, 6) is 6.22. The van der Waals surface area contributed by atoms with E-state index >= 15 is 0 Å². The topological polar surface area (TPSA) is 92.9 Å². The maximum Gasteiger partial charge on any atom is 0.271 e. The number of nitrogen functional groups attached to an aromatic ring is 1. The van der Waals surface area contributed by atoms with Crippen LogP contribution < -0.4 is 16.6 Å². The summed E-state index contributed by atoms with van der Waals surface area (Å²) >= 11 is 0. The minimum atomic E-state index is -0.174. The molecule has 1 fully saturated rings. The van der Waals surface area contributed by atoms with Crippen molar-refractivity contribution < 1.29 is 4.79 Å². The summed E-state index contributed by atoms with van der Waals surface area (Å²) in [5.41, 5.74) is 2.70. The summed E-state index contributed by atoms with van der Waals surface area (Å²) in [6.45, 7) is 0.710. The van der Waals surface area contributed by atoms with Crippen LogP contribution >= 0.6 is 0 Å². The van der Waals surface area contributed by atoms with Crippen molar-refractivity contribution in [1.29, 1.82) is 0 Å². The van der Waals surface area contributed by atoms with Gasteiger partial charge < -0.3 is 10.7 Å². The minimum absolute atomic E-state index is 0.174. The molecule has 1 aliphatic carbocycles. The quantitative estimate of drug-likeness (QED) is 0.552. The molecule has 4 N–H and O–H groups in total. The zero-order chi connectivity index (χ0) is 13.5. The molecule has 0 unspecified atom stereocenters. The molecular weight excluding hydrogens is 242 g/mol. The number of nitrogens with zero attached hydrogens (tertiary/aromatic N) is 2. The molecule has 0 bridgehead atoms. The molecule has 0 aliphatic heterocycles. The smallest absolute Gasteiger partial charge is 0.271 e. The number of nitrogens with two attached hydrogens (primary N) is 1. The van der Waals surface area contributed by atoms with Crippen molar-refractivity contribution >= 4 is 11.7 Å². The van der Waals surface area contributed by atoms with E-state index in [-0.39, 0.29) is 5.91 Å². The van der Waals surface area contributed by atoms with Crippen molar-refractivity contribution in [2.45, 2.75) is 38.5 Å². The Kier molecular flexibility index (Phi) is 5.09. The van der Waals surface area contributed by atoms with Crippen LogP contribution in [0.4, 0.5) is 5.82 Å². The Bertz CT molecular complexity index is 400. The van der Waals surface area contributed by atoms with E-state index in [1.807, 2.05) is 0 Å². The molecule has 0 atom stereocenters. The third kappa shape index (κ3) is 4.17. The highest BCUT2D eigenvalue weighted by Crippen LogP contribution is 2.25. The largest absolute Gasteiger partial charge is 0.351 e. The predicted molar refractivity (Wildman–Crippen MR) is 73.4 cm³/mol. The van der Waals surface area contributed by atoms with Gasteiger partial charge in [0.25, 0.3) is 5.91 Å². The summed E-state index contributed by atoms with van der Waals surface area (Å²) in [6, 6.07) is 3.24. The first-order valence-electron chi connectivity index (χ1n) is 6.88. The van der Waals surface area contributed by atoms with E-state index in [0.717, 1.165) is 12.3 Å². The molecule has 6 nitrogen and oxygen atoms in total. The SMILES string of the molecule is NNc1ccc(C(=O)NCCC2CCCCC2)nn1. The van der Waals surface area contributed by atoms with Gasteiger partial charge in [-0.2, -0.15) is 0 Å². The number of hydrogen-bond acceptors (Lipinski definition) is 5. The molecule has 0 saturated heterocycles. The van der Waals surface area contributed by atoms with Crippen LogP contribution in [0.5, 0.6) is 0 Å². The van der Waals surface area contributed by atoms with E-state index in [2.05, 4.69) is 20.9 Å². The lowest BCUT2D eigenvalue weighted by Gasteiger charge is -2.21. The fraction of sp³-hybridized carbons (Fsp3) is 0.615. The highest BCUT2D eigenvalue weighted by atomic mass is 16.1. The zero-order valence-electron chi connectivity index (χ0n) is 11.1. The second-order valence-electron chi connectivity index (χ2n) is 5.00. The van der Waals surface area contributed by atoms with Gasteiger partial charge in [-0.3, -0.25) is 4.79 Å². The second kappa shape index (κ2) is 7.04. The Morgan fingerprint density at radius 2 is 2.05 bits per heavy atom. The predicted octanol–water partition coefficient (Wildman–Crippen LogP) is 1.46. The van der Waals surface area contributed by atoms with Gasteiger partial charge in [0, 0.05) is 6.54 Å². The molecular formula is C13H21N5O. The first-order chi connectivity index (χ1) is 9.29. The molecule has 1 aliphatic rings. The van der Waals surface area contributed by atoms with Crippen LogP contribution in [0.15, 0.2) is 12.1 Å². The first kappa shape index (κ1) is 13.7. The fourth-order valence-corrected chi connectivity index (χ4v) is 2.49. The Balaban J connectivity index is 1.73. The maximum atomic E-state index is 11.8. The Morgan fingerprint density at radius 1 is 1.26 bits per heavy atom. The molecule has 0 aromatic carbocycles. The summed E-state index contributed by atoms with van der Waals surface area (Å²) in [7, 11) is 0. The van der Waals surface area contributed by atoms with Crippen LogP contribution in [-0.4, -0.2) is 22.6 Å². The van der Waals surface area contributed by atoms with Crippen LogP contribution in [0.2, 0.25) is 0 Å². The van der Waals surface area contributed by atoms with Gasteiger partial charge in [0.05, 0.1) is 0 Å². The number of amides is 1. The molecule has 2 rings (SSSR count). The number of hydrazine groups is 1. The van der Waals surface area contributed by atoms with Crippen molar-refractivity contribution in [3.63, 3.8) is 0 Å². The summed E-state index contributed by atoms with van der Waals surface area (Å²) in [5, 5.41) is 10.5. The molecule has 104 valence electrons. The third-order valence-electron chi connectivity index (χ3n) is 3.61. The van der Waals surface area contributed by atoms with Crippen LogP contribution in [0.25, 0.3) is 0 Å². The lowest BCUT2D eigenvalue weighted by atomic mass is 9.87. The molecule has 19 heavy (non-hydrogen) atoms. The summed E-state index contributed by atoms with van der Waals surface area (Å²) in [4.78, 5) is 11.8. The molecule has 1 aromatic heterocycles. The van der Waals surface area contributed by atoms with E-state index in [4.69, 9.17) is 5.84 Å². The van der Waals surface area contributed by atoms with Crippen LogP contribution in [-0.2, 0) is 0 Å². The van der Waals surface area contributed by atoms with Gasteiger partial charge in [-0.25, -0.2) is 5.84 Å². The standard InChI is InChI=1S/C13H21N5O/c14-16-12-7-6-11(17-18-12)13(19)15-9-8-10-4-2-1-3-5-10/h6-7,10H,1-5,8-9,14H2,(H,15,19)(H,16,18). The zero-order valence-corrected chi connectivity index (χ0v) is 11.1. The monoisotopic (exact) mass is 263 g/mol. The lowest BCUT2D eigenvalue weighted by Crippen LogP contribution is -2.27. The molecule has 1 saturated carbocycles. The number of carbonyl (C=O) groups excluding carboxylic acids is 1. The molecule has 1 heterocycles. The van der Waals surface area contributed by atoms with Gasteiger partial charge in [-0.15, -0.1) is 10.2 Å². The Hall–Kier alpha value is -1.69. The Morgan fingerprint density at radius 3 is 2.68 bits per heavy atom. The lowest BCUT2D eigenvalue weighted by molar-refractivity contribution is 0.0944. The first-order valence-corrected chi connectivity index (χ1v) is 6.88. The average Bonchev–Trinajstić information content (AvgIpc) is 2.48. The van der Waals surface area contributed by atoms with Gasteiger partial charge in [0.1, 0.15) is 0 Å². The van der Waals surface area contributed by atoms with Crippen LogP contribution in [0.1, 0.15) is 49.0 Å². The van der Waals surface area contributed by atoms with Gasteiger partial charge in [-0.1, -0.05) is 32.1 Å². The van der Waals surface area contributed by atoms with Crippen molar-refractivity contribution in [2.24, 2.45) is 11.8 Å². The number of hydrogen-bond donors (Lipinski definition) is 3. The highest BCUT2D eigenvalue weighted by Gasteiger charge is 2.14. The second-order valence-corrected chi connectivity index (χ2v) is 5.00. The molecule has 0 spiro atoms. The van der Waals surface area contributed by atoms with E-state index in [1.54, 1.807) is 12.1 Å². The van der Waals surface area contributed by atoms with Crippen molar-refractivity contribution in [1.82, 2.24) is 15.5 Å². The minimum Gasteiger partial charge on any atom is -0.351 e. The van der Waals surface area contributed by atoms with Gasteiger partial charge in [0.15, 0.2) is 11.5 Å². The van der Waals surface area contributed by atoms with Gasteiger partial charge in [-0.05, 0) is 24.5 Å². The number of rotatable bonds is 5. The van der Waals surface area contributed by atoms with E-state index in [1.165, 1.54) is 32.1 Å². The van der Waals surface area contributed by atoms with Gasteiger partial charge >= 0.3 is 0 Å². The average molecular weight is 263 g/mol. The van der Waals surface area contributed by atoms with Crippen molar-refractivity contribution in [3.8, 4) is 0 Å². The van der Waals surface area contributed by atoms with Gasteiger partial charge in [0.2, 0.25) is 0 Å². The number of anilines is 1. The molecule has 6 heteroatoms.